The van der Waals surface area contributed by atoms with Gasteiger partial charge in [0.1, 0.15) is 6.04 Å². The van der Waals surface area contributed by atoms with Gasteiger partial charge in [-0.25, -0.2) is 4.21 Å². The van der Waals surface area contributed by atoms with E-state index in [1.165, 1.54) is 13.8 Å². The normalized spacial score (nSPS) is 17.5. The summed E-state index contributed by atoms with van der Waals surface area (Å²) in [7, 11) is 0. The van der Waals surface area contributed by atoms with Gasteiger partial charge < -0.3 is 15.4 Å². The fourth-order valence-corrected chi connectivity index (χ4v) is 0.724. The second-order valence-corrected chi connectivity index (χ2v) is 4.22. The predicted molar refractivity (Wildman–Crippen MR) is 40.5 cm³/mol. The molecule has 1 unspecified atom stereocenters. The Morgan fingerprint density at radius 2 is 2.00 bits per heavy atom. The number of aliphatic carboxylic acids is 1. The molecule has 6 heteroatoms. The maximum atomic E-state index is 10.5. The molecule has 11 heavy (non-hydrogen) atoms. The van der Waals surface area contributed by atoms with Gasteiger partial charge in [0.15, 0.2) is 11.1 Å². The summed E-state index contributed by atoms with van der Waals surface area (Å²) < 4.78 is 17.8. The fourth-order valence-electron chi connectivity index (χ4n) is 0.406. The molecule has 2 atom stereocenters. The van der Waals surface area contributed by atoms with Gasteiger partial charge in [-0.15, -0.1) is 0 Å². The average Bonchev–Trinajstić information content (AvgIpc) is 1.85. The van der Waals surface area contributed by atoms with Gasteiger partial charge >= 0.3 is 5.97 Å². The molecular weight excluding hydrogens is 170 g/mol. The predicted octanol–water partition coefficient (Wildman–Crippen LogP) is -0.601. The van der Waals surface area contributed by atoms with Gasteiger partial charge in [-0.3, -0.25) is 4.79 Å². The van der Waals surface area contributed by atoms with Crippen LogP contribution in [0.5, 0.6) is 0 Å². The van der Waals surface area contributed by atoms with E-state index in [4.69, 9.17) is 15.4 Å². The van der Waals surface area contributed by atoms with E-state index in [2.05, 4.69) is 0 Å². The molecule has 0 saturated heterocycles. The molecule has 0 aromatic rings. The van der Waals surface area contributed by atoms with Gasteiger partial charge in [0.05, 0.1) is 4.75 Å². The molecule has 0 aliphatic heterocycles. The Labute approximate surface area is 66.9 Å². The summed E-state index contributed by atoms with van der Waals surface area (Å²) in [6.07, 6.45) is 0. The minimum Gasteiger partial charge on any atom is -0.480 e. The molecule has 0 saturated carbocycles. The summed E-state index contributed by atoms with van der Waals surface area (Å²) in [6.45, 7) is 2.64. The molecule has 0 rings (SSSR count). The van der Waals surface area contributed by atoms with Gasteiger partial charge in [-0.1, -0.05) is 0 Å². The molecule has 0 fully saturated rings. The SMILES string of the molecule is CC(C)([C@@H](N)C(=O)O)S(=O)O. The largest absolute Gasteiger partial charge is 0.480 e. The van der Waals surface area contributed by atoms with Crippen molar-refractivity contribution in [2.24, 2.45) is 5.73 Å². The first-order chi connectivity index (χ1) is 4.80. The van der Waals surface area contributed by atoms with Crippen molar-refractivity contribution < 1.29 is 18.7 Å². The molecule has 5 nitrogen and oxygen atoms in total. The van der Waals surface area contributed by atoms with Crippen LogP contribution in [0.4, 0.5) is 0 Å². The highest BCUT2D eigenvalue weighted by atomic mass is 32.2. The van der Waals surface area contributed by atoms with Gasteiger partial charge in [-0.2, -0.15) is 0 Å². The van der Waals surface area contributed by atoms with Crippen LogP contribution in [-0.2, 0) is 15.9 Å². The second kappa shape index (κ2) is 3.29. The highest BCUT2D eigenvalue weighted by Gasteiger charge is 2.37. The van der Waals surface area contributed by atoms with Crippen LogP contribution >= 0.6 is 0 Å². The molecule has 0 aliphatic carbocycles. The Morgan fingerprint density at radius 1 is 1.64 bits per heavy atom. The summed E-state index contributed by atoms with van der Waals surface area (Å²) in [4.78, 5) is 10.3. The topological polar surface area (TPSA) is 101 Å². The van der Waals surface area contributed by atoms with E-state index in [0.29, 0.717) is 0 Å². The van der Waals surface area contributed by atoms with Crippen LogP contribution in [0.15, 0.2) is 0 Å². The van der Waals surface area contributed by atoms with Crippen molar-refractivity contribution in [3.8, 4) is 0 Å². The standard InChI is InChI=1S/C5H11NO4S/c1-5(2,11(9)10)3(6)4(7)8/h3H,6H2,1-2H3,(H,7,8)(H,9,10)/t3-/m0/s1. The first-order valence-electron chi connectivity index (χ1n) is 2.89. The molecule has 0 heterocycles. The molecule has 0 amide bonds. The van der Waals surface area contributed by atoms with E-state index < -0.39 is 27.8 Å². The maximum absolute atomic E-state index is 10.5. The zero-order valence-electron chi connectivity index (χ0n) is 6.27. The Balaban J connectivity index is 4.55. The van der Waals surface area contributed by atoms with Crippen molar-refractivity contribution in [2.45, 2.75) is 24.6 Å². The highest BCUT2D eigenvalue weighted by molar-refractivity contribution is 7.80. The molecule has 0 aromatic carbocycles. The van der Waals surface area contributed by atoms with E-state index in [9.17, 15) is 9.00 Å². The quantitative estimate of drug-likeness (QED) is 0.505. The van der Waals surface area contributed by atoms with Crippen LogP contribution in [0.25, 0.3) is 0 Å². The number of hydrogen-bond acceptors (Lipinski definition) is 3. The third-order valence-corrected chi connectivity index (χ3v) is 2.62. The zero-order chi connectivity index (χ0) is 9.23. The summed E-state index contributed by atoms with van der Waals surface area (Å²) >= 11 is -2.23. The van der Waals surface area contributed by atoms with Crippen LogP contribution in [0.1, 0.15) is 13.8 Å². The minimum atomic E-state index is -2.23. The van der Waals surface area contributed by atoms with Crippen LogP contribution in [0.2, 0.25) is 0 Å². The van der Waals surface area contributed by atoms with Crippen molar-refractivity contribution in [2.75, 3.05) is 0 Å². The van der Waals surface area contributed by atoms with Crippen molar-refractivity contribution in [3.05, 3.63) is 0 Å². The molecule has 0 aliphatic rings. The number of hydrogen-bond donors (Lipinski definition) is 3. The Bertz CT molecular complexity index is 191. The smallest absolute Gasteiger partial charge is 0.322 e. The lowest BCUT2D eigenvalue weighted by Gasteiger charge is -2.23. The van der Waals surface area contributed by atoms with Gasteiger partial charge in [0.25, 0.3) is 0 Å². The molecule has 0 bridgehead atoms. The fraction of sp³-hybridized carbons (Fsp3) is 0.800. The van der Waals surface area contributed by atoms with E-state index in [1.54, 1.807) is 0 Å². The number of rotatable bonds is 3. The second-order valence-electron chi connectivity index (χ2n) is 2.67. The first kappa shape index (κ1) is 10.5. The average molecular weight is 181 g/mol. The molecule has 0 radical (unpaired) electrons. The van der Waals surface area contributed by atoms with Crippen molar-refractivity contribution >= 4 is 17.0 Å². The molecule has 0 aromatic heterocycles. The van der Waals surface area contributed by atoms with E-state index >= 15 is 0 Å². The number of carboxylic acid groups (broad SMARTS) is 1. The van der Waals surface area contributed by atoms with Crippen molar-refractivity contribution in [1.82, 2.24) is 0 Å². The monoisotopic (exact) mass is 181 g/mol. The van der Waals surface area contributed by atoms with Gasteiger partial charge in [-0.05, 0) is 13.8 Å². The molecular formula is C5H11NO4S. The zero-order valence-corrected chi connectivity index (χ0v) is 7.09. The highest BCUT2D eigenvalue weighted by Crippen LogP contribution is 2.14. The number of carboxylic acids is 1. The van der Waals surface area contributed by atoms with Crippen LogP contribution in [0, 0.1) is 0 Å². The Hall–Kier alpha value is -0.460. The number of carbonyl (C=O) groups is 1. The lowest BCUT2D eigenvalue weighted by atomic mass is 10.1. The van der Waals surface area contributed by atoms with Crippen LogP contribution < -0.4 is 5.73 Å². The molecule has 0 spiro atoms. The van der Waals surface area contributed by atoms with Crippen LogP contribution in [-0.4, -0.2) is 30.6 Å². The molecule has 4 N–H and O–H groups in total. The van der Waals surface area contributed by atoms with E-state index in [-0.39, 0.29) is 0 Å². The Morgan fingerprint density at radius 3 is 2.09 bits per heavy atom. The summed E-state index contributed by atoms with van der Waals surface area (Å²) in [5.74, 6) is -1.28. The van der Waals surface area contributed by atoms with E-state index in [0.717, 1.165) is 0 Å². The van der Waals surface area contributed by atoms with Crippen molar-refractivity contribution in [3.63, 3.8) is 0 Å². The summed E-state index contributed by atoms with van der Waals surface area (Å²) in [6, 6.07) is -1.33. The van der Waals surface area contributed by atoms with E-state index in [1.807, 2.05) is 0 Å². The maximum Gasteiger partial charge on any atom is 0.322 e. The van der Waals surface area contributed by atoms with Gasteiger partial charge in [0.2, 0.25) is 0 Å². The van der Waals surface area contributed by atoms with Crippen molar-refractivity contribution in [1.29, 1.82) is 0 Å². The summed E-state index contributed by atoms with van der Waals surface area (Å²) in [5.41, 5.74) is 5.14. The first-order valence-corrected chi connectivity index (χ1v) is 4.00. The van der Waals surface area contributed by atoms with Crippen LogP contribution in [0.3, 0.4) is 0 Å². The van der Waals surface area contributed by atoms with Gasteiger partial charge in [0, 0.05) is 0 Å². The lowest BCUT2D eigenvalue weighted by molar-refractivity contribution is -0.139. The lowest BCUT2D eigenvalue weighted by Crippen LogP contribution is -2.51. The number of nitrogens with two attached hydrogens (primary N) is 1. The Kier molecular flexibility index (Phi) is 3.15. The third kappa shape index (κ3) is 2.25. The molecule has 66 valence electrons. The minimum absolute atomic E-state index is 1.28. The summed E-state index contributed by atoms with van der Waals surface area (Å²) in [5, 5.41) is 8.40. The third-order valence-electron chi connectivity index (χ3n) is 1.47.